The third-order valence-electron chi connectivity index (χ3n) is 3.92. The Labute approximate surface area is 109 Å². The second-order valence-corrected chi connectivity index (χ2v) is 5.47. The average Bonchev–Trinajstić information content (AvgIpc) is 2.91. The second-order valence-electron chi connectivity index (χ2n) is 5.47. The van der Waals surface area contributed by atoms with Crippen molar-refractivity contribution in [1.29, 1.82) is 0 Å². The summed E-state index contributed by atoms with van der Waals surface area (Å²) in [5, 5.41) is 0. The van der Waals surface area contributed by atoms with Crippen molar-refractivity contribution in [2.75, 3.05) is 40.3 Å². The van der Waals surface area contributed by atoms with E-state index in [0.717, 1.165) is 38.8 Å². The van der Waals surface area contributed by atoms with Gasteiger partial charge in [-0.3, -0.25) is 4.79 Å². The number of hydrogen-bond donors (Lipinski definition) is 0. The zero-order chi connectivity index (χ0) is 13.1. The molecule has 0 unspecified atom stereocenters. The van der Waals surface area contributed by atoms with E-state index in [1.807, 2.05) is 9.80 Å². The third kappa shape index (κ3) is 2.76. The van der Waals surface area contributed by atoms with Crippen LogP contribution in [0, 0.1) is 5.92 Å². The Hall–Kier alpha value is -1.26. The lowest BCUT2D eigenvalue weighted by atomic mass is 9.95. The lowest BCUT2D eigenvalue weighted by Gasteiger charge is -2.34. The van der Waals surface area contributed by atoms with Crippen LogP contribution in [0.15, 0.2) is 0 Å². The summed E-state index contributed by atoms with van der Waals surface area (Å²) in [7, 11) is 3.54. The lowest BCUT2D eigenvalue weighted by molar-refractivity contribution is -0.135. The summed E-state index contributed by atoms with van der Waals surface area (Å²) in [6.07, 6.45) is 3.91. The molecule has 0 aromatic heterocycles. The fourth-order valence-corrected chi connectivity index (χ4v) is 2.80. The van der Waals surface area contributed by atoms with Crippen LogP contribution in [0.5, 0.6) is 0 Å². The van der Waals surface area contributed by atoms with Gasteiger partial charge in [0.05, 0.1) is 0 Å². The number of amides is 3. The Kier molecular flexibility index (Phi) is 4.09. The van der Waals surface area contributed by atoms with Gasteiger partial charge in [0.2, 0.25) is 5.91 Å². The van der Waals surface area contributed by atoms with Gasteiger partial charge >= 0.3 is 6.03 Å². The molecule has 2 saturated heterocycles. The SMILES string of the molecule is CN(C)C(=O)N1CCC(C(=O)N2CCCC2)CC1. The molecular formula is C13H23N3O2. The van der Waals surface area contributed by atoms with Crippen LogP contribution in [-0.4, -0.2) is 66.9 Å². The van der Waals surface area contributed by atoms with E-state index in [0.29, 0.717) is 19.0 Å². The summed E-state index contributed by atoms with van der Waals surface area (Å²) < 4.78 is 0. The summed E-state index contributed by atoms with van der Waals surface area (Å²) in [4.78, 5) is 29.4. The number of carbonyl (C=O) groups is 2. The number of carbonyl (C=O) groups excluding carboxylic acids is 2. The number of rotatable bonds is 1. The minimum Gasteiger partial charge on any atom is -0.342 e. The Morgan fingerprint density at radius 1 is 0.944 bits per heavy atom. The normalized spacial score (nSPS) is 21.2. The van der Waals surface area contributed by atoms with Crippen LogP contribution in [0.4, 0.5) is 4.79 Å². The van der Waals surface area contributed by atoms with Gasteiger partial charge in [-0.1, -0.05) is 0 Å². The number of nitrogens with zero attached hydrogens (tertiary/aromatic N) is 3. The Morgan fingerprint density at radius 3 is 2.00 bits per heavy atom. The monoisotopic (exact) mass is 253 g/mol. The zero-order valence-corrected chi connectivity index (χ0v) is 11.4. The van der Waals surface area contributed by atoms with Gasteiger partial charge in [0, 0.05) is 46.2 Å². The molecule has 5 nitrogen and oxygen atoms in total. The molecule has 0 aromatic carbocycles. The summed E-state index contributed by atoms with van der Waals surface area (Å²) in [5.74, 6) is 0.443. The highest BCUT2D eigenvalue weighted by molar-refractivity contribution is 5.80. The number of urea groups is 1. The molecule has 102 valence electrons. The summed E-state index contributed by atoms with van der Waals surface area (Å²) >= 11 is 0. The van der Waals surface area contributed by atoms with Crippen molar-refractivity contribution in [2.24, 2.45) is 5.92 Å². The molecule has 2 aliphatic heterocycles. The van der Waals surface area contributed by atoms with Crippen molar-refractivity contribution in [3.05, 3.63) is 0 Å². The molecule has 0 radical (unpaired) electrons. The molecule has 0 aromatic rings. The van der Waals surface area contributed by atoms with Crippen LogP contribution in [0.1, 0.15) is 25.7 Å². The highest BCUT2D eigenvalue weighted by Gasteiger charge is 2.31. The van der Waals surface area contributed by atoms with Crippen LogP contribution in [-0.2, 0) is 4.79 Å². The maximum absolute atomic E-state index is 12.2. The molecule has 0 spiro atoms. The van der Waals surface area contributed by atoms with Crippen LogP contribution in [0.2, 0.25) is 0 Å². The van der Waals surface area contributed by atoms with E-state index in [4.69, 9.17) is 0 Å². The van der Waals surface area contributed by atoms with Crippen LogP contribution in [0.25, 0.3) is 0 Å². The molecule has 0 atom stereocenters. The standard InChI is InChI=1S/C13H23N3O2/c1-14(2)13(18)16-9-5-11(6-10-16)12(17)15-7-3-4-8-15/h11H,3-10H2,1-2H3. The van der Waals surface area contributed by atoms with Gasteiger partial charge < -0.3 is 14.7 Å². The molecule has 2 rings (SSSR count). The molecule has 2 fully saturated rings. The van der Waals surface area contributed by atoms with E-state index in [9.17, 15) is 9.59 Å². The number of likely N-dealkylation sites (tertiary alicyclic amines) is 2. The van der Waals surface area contributed by atoms with E-state index in [-0.39, 0.29) is 11.9 Å². The van der Waals surface area contributed by atoms with E-state index >= 15 is 0 Å². The maximum atomic E-state index is 12.2. The second kappa shape index (κ2) is 5.59. The Balaban J connectivity index is 1.82. The minimum atomic E-state index is 0.0575. The van der Waals surface area contributed by atoms with Gasteiger partial charge in [-0.25, -0.2) is 4.79 Å². The topological polar surface area (TPSA) is 43.9 Å². The smallest absolute Gasteiger partial charge is 0.319 e. The van der Waals surface area contributed by atoms with E-state index in [2.05, 4.69) is 0 Å². The molecule has 0 N–H and O–H groups in total. The molecule has 0 saturated carbocycles. The fourth-order valence-electron chi connectivity index (χ4n) is 2.80. The fraction of sp³-hybridized carbons (Fsp3) is 0.846. The molecule has 5 heteroatoms. The molecule has 3 amide bonds. The predicted octanol–water partition coefficient (Wildman–Crippen LogP) is 1.00. The third-order valence-corrected chi connectivity index (χ3v) is 3.92. The first kappa shape index (κ1) is 13.2. The van der Waals surface area contributed by atoms with Gasteiger partial charge in [0.1, 0.15) is 0 Å². The van der Waals surface area contributed by atoms with E-state index < -0.39 is 0 Å². The van der Waals surface area contributed by atoms with Gasteiger partial charge in [-0.15, -0.1) is 0 Å². The average molecular weight is 253 g/mol. The van der Waals surface area contributed by atoms with Gasteiger partial charge in [-0.05, 0) is 25.7 Å². The first-order valence-electron chi connectivity index (χ1n) is 6.84. The summed E-state index contributed by atoms with van der Waals surface area (Å²) in [6.45, 7) is 3.27. The highest BCUT2D eigenvalue weighted by Crippen LogP contribution is 2.22. The summed E-state index contributed by atoms with van der Waals surface area (Å²) in [5.41, 5.74) is 0. The first-order chi connectivity index (χ1) is 8.59. The number of hydrogen-bond acceptors (Lipinski definition) is 2. The van der Waals surface area contributed by atoms with Crippen molar-refractivity contribution in [3.63, 3.8) is 0 Å². The van der Waals surface area contributed by atoms with Crippen molar-refractivity contribution in [2.45, 2.75) is 25.7 Å². The van der Waals surface area contributed by atoms with E-state index in [1.54, 1.807) is 19.0 Å². The summed E-state index contributed by atoms with van der Waals surface area (Å²) in [6, 6.07) is 0.0575. The maximum Gasteiger partial charge on any atom is 0.319 e. The molecule has 2 aliphatic rings. The van der Waals surface area contributed by atoms with Gasteiger partial charge in [0.25, 0.3) is 0 Å². The first-order valence-corrected chi connectivity index (χ1v) is 6.84. The molecule has 18 heavy (non-hydrogen) atoms. The Morgan fingerprint density at radius 2 is 1.50 bits per heavy atom. The molecule has 0 bridgehead atoms. The highest BCUT2D eigenvalue weighted by atomic mass is 16.2. The van der Waals surface area contributed by atoms with Gasteiger partial charge in [-0.2, -0.15) is 0 Å². The van der Waals surface area contributed by atoms with Crippen molar-refractivity contribution >= 4 is 11.9 Å². The van der Waals surface area contributed by atoms with Gasteiger partial charge in [0.15, 0.2) is 0 Å². The van der Waals surface area contributed by atoms with Crippen molar-refractivity contribution in [3.8, 4) is 0 Å². The molecular weight excluding hydrogens is 230 g/mol. The van der Waals surface area contributed by atoms with Crippen LogP contribution >= 0.6 is 0 Å². The molecule has 0 aliphatic carbocycles. The zero-order valence-electron chi connectivity index (χ0n) is 11.4. The van der Waals surface area contributed by atoms with Crippen LogP contribution in [0.3, 0.4) is 0 Å². The quantitative estimate of drug-likeness (QED) is 0.700. The Bertz CT molecular complexity index is 316. The number of piperidine rings is 1. The van der Waals surface area contributed by atoms with E-state index in [1.165, 1.54) is 0 Å². The minimum absolute atomic E-state index is 0.0575. The van der Waals surface area contributed by atoms with Crippen molar-refractivity contribution in [1.82, 2.24) is 14.7 Å². The largest absolute Gasteiger partial charge is 0.342 e. The predicted molar refractivity (Wildman–Crippen MR) is 69.2 cm³/mol. The molecule has 2 heterocycles. The van der Waals surface area contributed by atoms with Crippen LogP contribution < -0.4 is 0 Å². The van der Waals surface area contributed by atoms with Crippen molar-refractivity contribution < 1.29 is 9.59 Å². The lowest BCUT2D eigenvalue weighted by Crippen LogP contribution is -2.46.